The van der Waals surface area contributed by atoms with E-state index in [1.807, 2.05) is 0 Å². The number of benzene rings is 1. The van der Waals surface area contributed by atoms with Crippen molar-refractivity contribution in [1.82, 2.24) is 0 Å². The van der Waals surface area contributed by atoms with Crippen LogP contribution in [0, 0.1) is 5.82 Å². The van der Waals surface area contributed by atoms with Crippen molar-refractivity contribution in [2.75, 3.05) is 6.61 Å². The number of hydrogen-bond donors (Lipinski definition) is 1. The van der Waals surface area contributed by atoms with Crippen molar-refractivity contribution in [1.29, 1.82) is 0 Å². The largest absolute Gasteiger partial charge is 0.396 e. The molecule has 0 aliphatic heterocycles. The Hall–Kier alpha value is -1.55. The molecule has 0 radical (unpaired) electrons. The number of hydrogen-bond acceptors (Lipinski definition) is 3. The summed E-state index contributed by atoms with van der Waals surface area (Å²) in [5, 5.41) is 8.55. The lowest BCUT2D eigenvalue weighted by molar-refractivity contribution is -0.118. The fourth-order valence-corrected chi connectivity index (χ4v) is 1.44. The molecule has 1 aromatic rings. The molecule has 17 heavy (non-hydrogen) atoms. The lowest BCUT2D eigenvalue weighted by atomic mass is 10.0. The molecule has 0 aliphatic carbocycles. The van der Waals surface area contributed by atoms with E-state index in [2.05, 4.69) is 0 Å². The Morgan fingerprint density at radius 3 is 2.35 bits per heavy atom. The number of ketones is 2. The van der Waals surface area contributed by atoms with Gasteiger partial charge in [0.25, 0.3) is 0 Å². The van der Waals surface area contributed by atoms with Crippen LogP contribution in [0.15, 0.2) is 24.3 Å². The van der Waals surface area contributed by atoms with Crippen LogP contribution in [0.2, 0.25) is 0 Å². The summed E-state index contributed by atoms with van der Waals surface area (Å²) < 4.78 is 12.6. The van der Waals surface area contributed by atoms with Gasteiger partial charge in [-0.1, -0.05) is 0 Å². The van der Waals surface area contributed by atoms with Crippen molar-refractivity contribution in [3.05, 3.63) is 35.6 Å². The monoisotopic (exact) mass is 238 g/mol. The van der Waals surface area contributed by atoms with Crippen molar-refractivity contribution >= 4 is 11.6 Å². The minimum absolute atomic E-state index is 0.0548. The van der Waals surface area contributed by atoms with Crippen molar-refractivity contribution < 1.29 is 19.1 Å². The minimum Gasteiger partial charge on any atom is -0.396 e. The predicted octanol–water partition coefficient (Wildman–Crippen LogP) is 2.13. The molecule has 0 bridgehead atoms. The molecule has 0 aliphatic rings. The van der Waals surface area contributed by atoms with Crippen LogP contribution in [-0.4, -0.2) is 23.3 Å². The molecule has 0 aromatic heterocycles. The number of aliphatic hydroxyl groups is 1. The van der Waals surface area contributed by atoms with Gasteiger partial charge < -0.3 is 5.11 Å². The Bertz CT molecular complexity index is 384. The van der Waals surface area contributed by atoms with Crippen molar-refractivity contribution in [3.63, 3.8) is 0 Å². The molecular formula is C13H15FO3. The lowest BCUT2D eigenvalue weighted by Gasteiger charge is -2.01. The normalized spacial score (nSPS) is 10.2. The average molecular weight is 238 g/mol. The number of carbonyl (C=O) groups is 2. The van der Waals surface area contributed by atoms with E-state index in [0.717, 1.165) is 0 Å². The van der Waals surface area contributed by atoms with Gasteiger partial charge in [-0.05, 0) is 37.1 Å². The van der Waals surface area contributed by atoms with Crippen molar-refractivity contribution in [3.8, 4) is 0 Å². The highest BCUT2D eigenvalue weighted by atomic mass is 19.1. The molecule has 0 heterocycles. The van der Waals surface area contributed by atoms with Gasteiger partial charge in [-0.15, -0.1) is 0 Å². The van der Waals surface area contributed by atoms with E-state index < -0.39 is 5.82 Å². The fourth-order valence-electron chi connectivity index (χ4n) is 1.44. The molecule has 3 nitrogen and oxygen atoms in total. The Labute approximate surface area is 99.3 Å². The third-order valence-corrected chi connectivity index (χ3v) is 2.39. The predicted molar refractivity (Wildman–Crippen MR) is 61.3 cm³/mol. The van der Waals surface area contributed by atoms with Gasteiger partial charge in [0.2, 0.25) is 0 Å². The van der Waals surface area contributed by atoms with Crippen molar-refractivity contribution in [2.24, 2.45) is 0 Å². The second-order valence-corrected chi connectivity index (χ2v) is 3.83. The van der Waals surface area contributed by atoms with Gasteiger partial charge in [-0.25, -0.2) is 4.39 Å². The highest BCUT2D eigenvalue weighted by molar-refractivity contribution is 6.07. The van der Waals surface area contributed by atoms with Crippen LogP contribution < -0.4 is 0 Å². The maximum Gasteiger partial charge on any atom is 0.170 e. The average Bonchev–Trinajstić information content (AvgIpc) is 2.30. The second-order valence-electron chi connectivity index (χ2n) is 3.83. The van der Waals surface area contributed by atoms with Crippen LogP contribution in [0.5, 0.6) is 0 Å². The smallest absolute Gasteiger partial charge is 0.170 e. The van der Waals surface area contributed by atoms with Crippen LogP contribution in [0.3, 0.4) is 0 Å². The topological polar surface area (TPSA) is 54.4 Å². The first-order valence-corrected chi connectivity index (χ1v) is 5.55. The number of Topliss-reactive ketones (excluding diaryl/α,β-unsaturated/α-hetero) is 2. The summed E-state index contributed by atoms with van der Waals surface area (Å²) in [6, 6.07) is 5.14. The molecule has 0 fully saturated rings. The molecule has 1 N–H and O–H groups in total. The Morgan fingerprint density at radius 1 is 1.12 bits per heavy atom. The third-order valence-electron chi connectivity index (χ3n) is 2.39. The molecule has 0 spiro atoms. The summed E-state index contributed by atoms with van der Waals surface area (Å²) in [4.78, 5) is 23.0. The molecule has 0 amide bonds. The van der Waals surface area contributed by atoms with Gasteiger partial charge in [0, 0.05) is 18.6 Å². The first-order chi connectivity index (χ1) is 8.13. The van der Waals surface area contributed by atoms with Gasteiger partial charge in [0.05, 0.1) is 6.42 Å². The lowest BCUT2D eigenvalue weighted by Crippen LogP contribution is -2.08. The summed E-state index contributed by atoms with van der Waals surface area (Å²) in [6.07, 6.45) is 1.30. The second kappa shape index (κ2) is 6.91. The fraction of sp³-hybridized carbons (Fsp3) is 0.385. The minimum atomic E-state index is -0.407. The summed E-state index contributed by atoms with van der Waals surface area (Å²) >= 11 is 0. The molecular weight excluding hydrogens is 223 g/mol. The first kappa shape index (κ1) is 13.5. The van der Waals surface area contributed by atoms with Crippen LogP contribution >= 0.6 is 0 Å². The standard InChI is InChI=1S/C13H15FO3/c14-11-6-4-10(5-7-11)13(17)9-12(16)3-1-2-8-15/h4-7,15H,1-3,8-9H2. The number of carbonyl (C=O) groups excluding carboxylic acids is 2. The zero-order chi connectivity index (χ0) is 12.7. The van der Waals surface area contributed by atoms with E-state index in [0.29, 0.717) is 24.8 Å². The number of rotatable bonds is 7. The van der Waals surface area contributed by atoms with E-state index in [4.69, 9.17) is 5.11 Å². The van der Waals surface area contributed by atoms with Gasteiger partial charge in [-0.2, -0.15) is 0 Å². The highest BCUT2D eigenvalue weighted by Crippen LogP contribution is 2.08. The molecule has 0 saturated carbocycles. The van der Waals surface area contributed by atoms with E-state index in [-0.39, 0.29) is 24.6 Å². The molecule has 0 unspecified atom stereocenters. The molecule has 4 heteroatoms. The summed E-state index contributed by atoms with van der Waals surface area (Å²) in [7, 11) is 0. The Kier molecular flexibility index (Phi) is 5.49. The van der Waals surface area contributed by atoms with E-state index in [9.17, 15) is 14.0 Å². The van der Waals surface area contributed by atoms with Crippen molar-refractivity contribution in [2.45, 2.75) is 25.7 Å². The third kappa shape index (κ3) is 4.87. The maximum atomic E-state index is 12.6. The maximum absolute atomic E-state index is 12.6. The zero-order valence-electron chi connectivity index (χ0n) is 9.49. The highest BCUT2D eigenvalue weighted by Gasteiger charge is 2.11. The SMILES string of the molecule is O=C(CCCCO)CC(=O)c1ccc(F)cc1. The van der Waals surface area contributed by atoms with E-state index in [1.54, 1.807) is 0 Å². The van der Waals surface area contributed by atoms with Crippen LogP contribution in [0.1, 0.15) is 36.0 Å². The quantitative estimate of drug-likeness (QED) is 0.450. The number of unbranched alkanes of at least 4 members (excludes halogenated alkanes) is 1. The molecule has 92 valence electrons. The van der Waals surface area contributed by atoms with Gasteiger partial charge in [0.1, 0.15) is 11.6 Å². The zero-order valence-corrected chi connectivity index (χ0v) is 9.49. The Balaban J connectivity index is 2.43. The molecule has 0 saturated heterocycles. The molecule has 0 atom stereocenters. The molecule has 1 rings (SSSR count). The van der Waals surface area contributed by atoms with Gasteiger partial charge in [0.15, 0.2) is 5.78 Å². The Morgan fingerprint density at radius 2 is 1.76 bits per heavy atom. The first-order valence-electron chi connectivity index (χ1n) is 5.55. The van der Waals surface area contributed by atoms with Crippen LogP contribution in [-0.2, 0) is 4.79 Å². The van der Waals surface area contributed by atoms with Crippen LogP contribution in [0.25, 0.3) is 0 Å². The summed E-state index contributed by atoms with van der Waals surface area (Å²) in [6.45, 7) is 0.0548. The number of aliphatic hydroxyl groups excluding tert-OH is 1. The van der Waals surface area contributed by atoms with Crippen LogP contribution in [0.4, 0.5) is 4.39 Å². The number of halogens is 1. The summed E-state index contributed by atoms with van der Waals surface area (Å²) in [5.41, 5.74) is 0.349. The van der Waals surface area contributed by atoms with E-state index >= 15 is 0 Å². The molecule has 1 aromatic carbocycles. The van der Waals surface area contributed by atoms with Gasteiger partial charge in [-0.3, -0.25) is 9.59 Å². The summed E-state index contributed by atoms with van der Waals surface area (Å²) in [5.74, 6) is -0.845. The van der Waals surface area contributed by atoms with Gasteiger partial charge >= 0.3 is 0 Å². The van der Waals surface area contributed by atoms with E-state index in [1.165, 1.54) is 24.3 Å².